The van der Waals surface area contributed by atoms with Crippen molar-refractivity contribution in [3.63, 3.8) is 0 Å². The zero-order valence-electron chi connectivity index (χ0n) is 17.2. The van der Waals surface area contributed by atoms with E-state index in [0.717, 1.165) is 19.3 Å². The second-order valence-corrected chi connectivity index (χ2v) is 8.34. The van der Waals surface area contributed by atoms with E-state index in [0.29, 0.717) is 17.6 Å². The summed E-state index contributed by atoms with van der Waals surface area (Å²) in [5.41, 5.74) is 0.735. The molecule has 0 fully saturated rings. The third-order valence-electron chi connectivity index (χ3n) is 5.30. The third kappa shape index (κ3) is 7.74. The quantitative estimate of drug-likeness (QED) is 0.185. The first kappa shape index (κ1) is 23.9. The third-order valence-corrected chi connectivity index (χ3v) is 5.74. The van der Waals surface area contributed by atoms with E-state index < -0.39 is 12.0 Å². The van der Waals surface area contributed by atoms with Gasteiger partial charge in [-0.1, -0.05) is 95.6 Å². The lowest BCUT2D eigenvalue weighted by molar-refractivity contribution is -0.141. The maximum atomic E-state index is 11.8. The Morgan fingerprint density at radius 3 is 2.07 bits per heavy atom. The molecule has 2 rings (SSSR count). The monoisotopic (exact) mass is 442 g/mol. The van der Waals surface area contributed by atoms with Crippen LogP contribution in [0.2, 0.25) is 10.4 Å². The van der Waals surface area contributed by atoms with E-state index in [2.05, 4.69) is 21.9 Å². The number of fused-ring (bicyclic) bond motifs is 1. The maximum Gasteiger partial charge on any atom is 0.326 e. The van der Waals surface area contributed by atoms with E-state index in [1.165, 1.54) is 68.7 Å². The molecule has 8 heteroatoms. The molecule has 0 spiro atoms. The van der Waals surface area contributed by atoms with Crippen LogP contribution < -0.4 is 0 Å². The van der Waals surface area contributed by atoms with Crippen LogP contribution in [0.1, 0.15) is 96.4 Å². The molecule has 0 radical (unpaired) electrons. The van der Waals surface area contributed by atoms with Crippen molar-refractivity contribution in [2.24, 2.45) is 0 Å². The molecule has 0 aromatic carbocycles. The molecule has 6 nitrogen and oxygen atoms in total. The lowest BCUT2D eigenvalue weighted by Crippen LogP contribution is -2.19. The van der Waals surface area contributed by atoms with Crippen molar-refractivity contribution < 1.29 is 9.90 Å². The van der Waals surface area contributed by atoms with Gasteiger partial charge in [0, 0.05) is 0 Å². The Bertz CT molecular complexity index is 766. The van der Waals surface area contributed by atoms with Crippen molar-refractivity contribution in [1.29, 1.82) is 0 Å². The van der Waals surface area contributed by atoms with Gasteiger partial charge in [0.25, 0.3) is 0 Å². The molecule has 0 aliphatic rings. The van der Waals surface area contributed by atoms with Crippen LogP contribution in [-0.4, -0.2) is 30.6 Å². The van der Waals surface area contributed by atoms with Crippen molar-refractivity contribution in [3.05, 3.63) is 16.8 Å². The lowest BCUT2D eigenvalue weighted by Gasteiger charge is -2.14. The highest BCUT2D eigenvalue weighted by molar-refractivity contribution is 6.35. The molecular weight excluding hydrogens is 411 g/mol. The number of carboxylic acid groups (broad SMARTS) is 1. The van der Waals surface area contributed by atoms with Crippen molar-refractivity contribution in [2.45, 2.75) is 96.4 Å². The Kier molecular flexibility index (Phi) is 10.7. The normalized spacial score (nSPS) is 12.5. The van der Waals surface area contributed by atoms with E-state index in [9.17, 15) is 9.90 Å². The average molecular weight is 443 g/mol. The molecule has 162 valence electrons. The minimum Gasteiger partial charge on any atom is -0.480 e. The number of rotatable bonds is 15. The van der Waals surface area contributed by atoms with Gasteiger partial charge in [0.15, 0.2) is 10.8 Å². The molecule has 29 heavy (non-hydrogen) atoms. The zero-order valence-corrected chi connectivity index (χ0v) is 18.8. The smallest absolute Gasteiger partial charge is 0.326 e. The minimum absolute atomic E-state index is 0.0150. The highest BCUT2D eigenvalue weighted by atomic mass is 35.5. The van der Waals surface area contributed by atoms with Crippen LogP contribution in [0, 0.1) is 0 Å². The molecule has 2 aromatic heterocycles. The number of hydrogen-bond acceptors (Lipinski definition) is 4. The summed E-state index contributed by atoms with van der Waals surface area (Å²) in [6.45, 7) is 2.25. The van der Waals surface area contributed by atoms with Gasteiger partial charge in [0.05, 0.1) is 6.33 Å². The number of imidazole rings is 1. The van der Waals surface area contributed by atoms with E-state index in [1.54, 1.807) is 0 Å². The summed E-state index contributed by atoms with van der Waals surface area (Å²) in [5.74, 6) is -0.904. The van der Waals surface area contributed by atoms with Gasteiger partial charge in [-0.15, -0.1) is 0 Å². The van der Waals surface area contributed by atoms with Crippen molar-refractivity contribution in [3.8, 4) is 0 Å². The fourth-order valence-corrected chi connectivity index (χ4v) is 4.07. The standard InChI is InChI=1S/C21H32Cl2N4O2/c1-2-3-4-5-6-7-8-9-10-11-12-13-14-16(20(28)29)27-15-24-17-18(22)25-21(23)26-19(17)27/h15-16H,2-14H2,1H3,(H,28,29). The molecule has 1 unspecified atom stereocenters. The molecule has 1 atom stereocenters. The van der Waals surface area contributed by atoms with Gasteiger partial charge in [-0.3, -0.25) is 0 Å². The van der Waals surface area contributed by atoms with Gasteiger partial charge in [-0.05, 0) is 18.0 Å². The van der Waals surface area contributed by atoms with Crippen LogP contribution in [0.15, 0.2) is 6.33 Å². The lowest BCUT2D eigenvalue weighted by atomic mass is 10.0. The predicted molar refractivity (Wildman–Crippen MR) is 118 cm³/mol. The molecule has 2 aromatic rings. The van der Waals surface area contributed by atoms with Crippen LogP contribution in [-0.2, 0) is 4.79 Å². The number of nitrogens with zero attached hydrogens (tertiary/aromatic N) is 4. The summed E-state index contributed by atoms with van der Waals surface area (Å²) in [6, 6.07) is -0.731. The Morgan fingerprint density at radius 1 is 0.966 bits per heavy atom. The number of hydrogen-bond donors (Lipinski definition) is 1. The molecule has 0 bridgehead atoms. The van der Waals surface area contributed by atoms with Gasteiger partial charge in [0.2, 0.25) is 5.28 Å². The molecule has 0 saturated carbocycles. The van der Waals surface area contributed by atoms with Crippen molar-refractivity contribution in [1.82, 2.24) is 19.5 Å². The Hall–Kier alpha value is -1.40. The second-order valence-electron chi connectivity index (χ2n) is 7.64. The van der Waals surface area contributed by atoms with E-state index in [4.69, 9.17) is 23.2 Å². The zero-order chi connectivity index (χ0) is 21.1. The summed E-state index contributed by atoms with van der Waals surface area (Å²) < 4.78 is 1.54. The first-order valence-electron chi connectivity index (χ1n) is 10.8. The molecule has 0 aliphatic carbocycles. The Labute approximate surface area is 183 Å². The average Bonchev–Trinajstić information content (AvgIpc) is 3.09. The fourth-order valence-electron chi connectivity index (χ4n) is 3.65. The first-order valence-corrected chi connectivity index (χ1v) is 11.6. The molecule has 1 N–H and O–H groups in total. The van der Waals surface area contributed by atoms with Gasteiger partial charge in [0.1, 0.15) is 11.6 Å². The van der Waals surface area contributed by atoms with E-state index >= 15 is 0 Å². The SMILES string of the molecule is CCCCCCCCCCCCCCC(C(=O)O)n1cnc2c(Cl)nc(Cl)nc21. The molecule has 2 heterocycles. The highest BCUT2D eigenvalue weighted by Crippen LogP contribution is 2.26. The van der Waals surface area contributed by atoms with Gasteiger partial charge in [-0.2, -0.15) is 4.98 Å². The van der Waals surface area contributed by atoms with Crippen molar-refractivity contribution in [2.75, 3.05) is 0 Å². The maximum absolute atomic E-state index is 11.8. The second kappa shape index (κ2) is 13.0. The van der Waals surface area contributed by atoms with Gasteiger partial charge < -0.3 is 9.67 Å². The summed E-state index contributed by atoms with van der Waals surface area (Å²) in [7, 11) is 0. The van der Waals surface area contributed by atoms with Gasteiger partial charge >= 0.3 is 5.97 Å². The Balaban J connectivity index is 1.70. The number of unbranched alkanes of at least 4 members (excludes halogenated alkanes) is 11. The predicted octanol–water partition coefficient (Wildman–Crippen LogP) is 6.85. The van der Waals surface area contributed by atoms with Crippen molar-refractivity contribution >= 4 is 40.3 Å². The summed E-state index contributed by atoms with van der Waals surface area (Å²) in [4.78, 5) is 23.9. The first-order chi connectivity index (χ1) is 14.0. The van der Waals surface area contributed by atoms with Gasteiger partial charge in [-0.25, -0.2) is 14.8 Å². The number of halogens is 2. The van der Waals surface area contributed by atoms with Crippen LogP contribution in [0.5, 0.6) is 0 Å². The largest absolute Gasteiger partial charge is 0.480 e. The van der Waals surface area contributed by atoms with Crippen LogP contribution >= 0.6 is 23.2 Å². The van der Waals surface area contributed by atoms with Crippen LogP contribution in [0.25, 0.3) is 11.2 Å². The highest BCUT2D eigenvalue weighted by Gasteiger charge is 2.23. The number of carbonyl (C=O) groups is 1. The van der Waals surface area contributed by atoms with Crippen LogP contribution in [0.4, 0.5) is 0 Å². The number of aliphatic carboxylic acids is 1. The Morgan fingerprint density at radius 2 is 1.52 bits per heavy atom. The van der Waals surface area contributed by atoms with E-state index in [1.807, 2.05) is 0 Å². The fraction of sp³-hybridized carbons (Fsp3) is 0.714. The molecular formula is C21H32Cl2N4O2. The number of aromatic nitrogens is 4. The summed E-state index contributed by atoms with van der Waals surface area (Å²) >= 11 is 11.9. The minimum atomic E-state index is -0.904. The van der Waals surface area contributed by atoms with Crippen LogP contribution in [0.3, 0.4) is 0 Å². The molecule has 0 saturated heterocycles. The summed E-state index contributed by atoms with van der Waals surface area (Å²) in [6.07, 6.45) is 16.9. The topological polar surface area (TPSA) is 80.9 Å². The number of carboxylic acids is 1. The van der Waals surface area contributed by atoms with E-state index in [-0.39, 0.29) is 10.4 Å². The molecule has 0 aliphatic heterocycles. The summed E-state index contributed by atoms with van der Waals surface area (Å²) in [5, 5.41) is 9.78. The molecule has 0 amide bonds.